The van der Waals surface area contributed by atoms with Gasteiger partial charge in [0.1, 0.15) is 11.5 Å². The Morgan fingerprint density at radius 2 is 2.10 bits per heavy atom. The summed E-state index contributed by atoms with van der Waals surface area (Å²) in [5.74, 6) is 0.461. The molecule has 0 saturated carbocycles. The van der Waals surface area contributed by atoms with E-state index in [0.717, 1.165) is 24.2 Å². The zero-order valence-corrected chi connectivity index (χ0v) is 11.8. The van der Waals surface area contributed by atoms with E-state index in [0.29, 0.717) is 18.1 Å². The highest BCUT2D eigenvalue weighted by Crippen LogP contribution is 2.01. The van der Waals surface area contributed by atoms with Crippen LogP contribution >= 0.6 is 0 Å². The molecule has 0 bridgehead atoms. The summed E-state index contributed by atoms with van der Waals surface area (Å²) in [6.07, 6.45) is 3.48. The molecule has 0 aromatic carbocycles. The van der Waals surface area contributed by atoms with Crippen molar-refractivity contribution in [3.05, 3.63) is 53.4 Å². The van der Waals surface area contributed by atoms with Crippen LogP contribution in [0.2, 0.25) is 0 Å². The van der Waals surface area contributed by atoms with Crippen LogP contribution in [0, 0.1) is 13.8 Å². The van der Waals surface area contributed by atoms with E-state index in [1.54, 1.807) is 19.2 Å². The summed E-state index contributed by atoms with van der Waals surface area (Å²) >= 11 is 0. The molecule has 2 rings (SSSR count). The molecule has 0 fully saturated rings. The fourth-order valence-corrected chi connectivity index (χ4v) is 1.94. The van der Waals surface area contributed by atoms with Gasteiger partial charge >= 0.3 is 0 Å². The third kappa shape index (κ3) is 4.12. The number of aromatic nitrogens is 3. The first-order valence-corrected chi connectivity index (χ1v) is 6.65. The van der Waals surface area contributed by atoms with Gasteiger partial charge in [0.05, 0.1) is 0 Å². The summed E-state index contributed by atoms with van der Waals surface area (Å²) < 4.78 is 0. The van der Waals surface area contributed by atoms with Gasteiger partial charge in [-0.15, -0.1) is 0 Å². The van der Waals surface area contributed by atoms with Gasteiger partial charge in [-0.1, -0.05) is 6.07 Å². The van der Waals surface area contributed by atoms with E-state index in [1.807, 2.05) is 25.1 Å². The van der Waals surface area contributed by atoms with E-state index >= 15 is 0 Å². The number of carbonyl (C=O) groups excluding carboxylic acids is 1. The standard InChI is InChI=1S/C15H18N4O/c1-11-10-14(19-12(2)18-11)15(20)17-9-5-7-13-6-3-4-8-16-13/h3-4,6,8,10H,5,7,9H2,1-2H3,(H,17,20). The first-order chi connectivity index (χ1) is 9.65. The van der Waals surface area contributed by atoms with Crippen molar-refractivity contribution in [1.82, 2.24) is 20.3 Å². The minimum Gasteiger partial charge on any atom is -0.351 e. The SMILES string of the molecule is Cc1cc(C(=O)NCCCc2ccccn2)nc(C)n1. The van der Waals surface area contributed by atoms with Gasteiger partial charge in [0.25, 0.3) is 5.91 Å². The van der Waals surface area contributed by atoms with Crippen molar-refractivity contribution in [3.63, 3.8) is 0 Å². The van der Waals surface area contributed by atoms with E-state index in [1.165, 1.54) is 0 Å². The molecule has 20 heavy (non-hydrogen) atoms. The monoisotopic (exact) mass is 270 g/mol. The average molecular weight is 270 g/mol. The minimum atomic E-state index is -0.153. The van der Waals surface area contributed by atoms with Crippen molar-refractivity contribution >= 4 is 5.91 Å². The Kier molecular flexibility index (Phi) is 4.76. The quantitative estimate of drug-likeness (QED) is 0.842. The van der Waals surface area contributed by atoms with Crippen molar-refractivity contribution < 1.29 is 4.79 Å². The van der Waals surface area contributed by atoms with Gasteiger partial charge in [0.15, 0.2) is 0 Å². The average Bonchev–Trinajstić information content (AvgIpc) is 2.43. The number of hydrogen-bond acceptors (Lipinski definition) is 4. The topological polar surface area (TPSA) is 67.8 Å². The normalized spacial score (nSPS) is 10.3. The summed E-state index contributed by atoms with van der Waals surface area (Å²) in [5.41, 5.74) is 2.26. The van der Waals surface area contributed by atoms with Gasteiger partial charge in [0.2, 0.25) is 0 Å². The second-order valence-corrected chi connectivity index (χ2v) is 4.62. The summed E-state index contributed by atoms with van der Waals surface area (Å²) in [4.78, 5) is 24.5. The summed E-state index contributed by atoms with van der Waals surface area (Å²) in [6, 6.07) is 7.54. The van der Waals surface area contributed by atoms with E-state index < -0.39 is 0 Å². The third-order valence-corrected chi connectivity index (χ3v) is 2.82. The van der Waals surface area contributed by atoms with Gasteiger partial charge < -0.3 is 5.32 Å². The van der Waals surface area contributed by atoms with Crippen molar-refractivity contribution in [1.29, 1.82) is 0 Å². The van der Waals surface area contributed by atoms with Gasteiger partial charge in [-0.05, 0) is 44.9 Å². The molecule has 0 aliphatic rings. The fraction of sp³-hybridized carbons (Fsp3) is 0.333. The molecule has 2 aromatic rings. The second-order valence-electron chi connectivity index (χ2n) is 4.62. The van der Waals surface area contributed by atoms with E-state index in [-0.39, 0.29) is 5.91 Å². The summed E-state index contributed by atoms with van der Waals surface area (Å²) in [7, 11) is 0. The Bertz CT molecular complexity index is 563. The maximum Gasteiger partial charge on any atom is 0.270 e. The number of amides is 1. The lowest BCUT2D eigenvalue weighted by atomic mass is 10.2. The number of carbonyl (C=O) groups is 1. The number of pyridine rings is 1. The molecule has 0 radical (unpaired) electrons. The zero-order chi connectivity index (χ0) is 14.4. The Morgan fingerprint density at radius 3 is 2.80 bits per heavy atom. The molecule has 5 heteroatoms. The first-order valence-electron chi connectivity index (χ1n) is 6.65. The van der Waals surface area contributed by atoms with Crippen LogP contribution in [-0.4, -0.2) is 27.4 Å². The molecule has 104 valence electrons. The molecule has 2 heterocycles. The molecule has 0 aliphatic carbocycles. The van der Waals surface area contributed by atoms with E-state index in [4.69, 9.17) is 0 Å². The van der Waals surface area contributed by atoms with Crippen LogP contribution < -0.4 is 5.32 Å². The maximum absolute atomic E-state index is 11.9. The van der Waals surface area contributed by atoms with Crippen LogP contribution in [0.3, 0.4) is 0 Å². The van der Waals surface area contributed by atoms with Gasteiger partial charge in [-0.3, -0.25) is 9.78 Å². The van der Waals surface area contributed by atoms with Crippen molar-refractivity contribution in [2.24, 2.45) is 0 Å². The lowest BCUT2D eigenvalue weighted by Gasteiger charge is -2.06. The molecule has 0 unspecified atom stereocenters. The molecule has 0 spiro atoms. The largest absolute Gasteiger partial charge is 0.351 e. The van der Waals surface area contributed by atoms with Crippen molar-refractivity contribution in [3.8, 4) is 0 Å². The highest BCUT2D eigenvalue weighted by atomic mass is 16.1. The van der Waals surface area contributed by atoms with Crippen molar-refractivity contribution in [2.75, 3.05) is 6.54 Å². The highest BCUT2D eigenvalue weighted by molar-refractivity contribution is 5.92. The van der Waals surface area contributed by atoms with Crippen LogP contribution in [0.5, 0.6) is 0 Å². The number of hydrogen-bond donors (Lipinski definition) is 1. The van der Waals surface area contributed by atoms with Gasteiger partial charge in [0, 0.05) is 24.1 Å². The van der Waals surface area contributed by atoms with Gasteiger partial charge in [-0.2, -0.15) is 0 Å². The molecule has 0 aliphatic heterocycles. The molecule has 1 N–H and O–H groups in total. The number of nitrogens with zero attached hydrogens (tertiary/aromatic N) is 3. The first kappa shape index (κ1) is 14.1. The Labute approximate surface area is 118 Å². The number of rotatable bonds is 5. The minimum absolute atomic E-state index is 0.153. The third-order valence-electron chi connectivity index (χ3n) is 2.82. The van der Waals surface area contributed by atoms with Crippen LogP contribution in [0.25, 0.3) is 0 Å². The predicted molar refractivity (Wildman–Crippen MR) is 76.4 cm³/mol. The van der Waals surface area contributed by atoms with Crippen LogP contribution in [0.1, 0.15) is 34.1 Å². The Morgan fingerprint density at radius 1 is 1.25 bits per heavy atom. The van der Waals surface area contributed by atoms with Crippen LogP contribution in [-0.2, 0) is 6.42 Å². The number of aryl methyl sites for hydroxylation is 3. The molecule has 0 atom stereocenters. The maximum atomic E-state index is 11.9. The lowest BCUT2D eigenvalue weighted by molar-refractivity contribution is 0.0947. The van der Waals surface area contributed by atoms with E-state index in [2.05, 4.69) is 20.3 Å². The zero-order valence-electron chi connectivity index (χ0n) is 11.8. The van der Waals surface area contributed by atoms with Gasteiger partial charge in [-0.25, -0.2) is 9.97 Å². The smallest absolute Gasteiger partial charge is 0.270 e. The molecule has 0 saturated heterocycles. The lowest BCUT2D eigenvalue weighted by Crippen LogP contribution is -2.26. The number of nitrogens with one attached hydrogen (secondary N) is 1. The molecular formula is C15H18N4O. The highest BCUT2D eigenvalue weighted by Gasteiger charge is 2.08. The molecule has 2 aromatic heterocycles. The van der Waals surface area contributed by atoms with Crippen molar-refractivity contribution in [2.45, 2.75) is 26.7 Å². The summed E-state index contributed by atoms with van der Waals surface area (Å²) in [5, 5.41) is 2.87. The Hall–Kier alpha value is -2.30. The molecule has 5 nitrogen and oxygen atoms in total. The predicted octanol–water partition coefficient (Wildman–Crippen LogP) is 1.85. The molecule has 1 amide bonds. The molecular weight excluding hydrogens is 252 g/mol. The summed E-state index contributed by atoms with van der Waals surface area (Å²) in [6.45, 7) is 4.24. The fourth-order valence-electron chi connectivity index (χ4n) is 1.94. The second kappa shape index (κ2) is 6.75. The Balaban J connectivity index is 1.80. The van der Waals surface area contributed by atoms with Crippen LogP contribution in [0.15, 0.2) is 30.5 Å². The van der Waals surface area contributed by atoms with E-state index in [9.17, 15) is 4.79 Å². The van der Waals surface area contributed by atoms with Crippen LogP contribution in [0.4, 0.5) is 0 Å².